The van der Waals surface area contributed by atoms with E-state index in [9.17, 15) is 8.42 Å². The Hall–Kier alpha value is -1.86. The topological polar surface area (TPSA) is 89.4 Å². The predicted octanol–water partition coefficient (Wildman–Crippen LogP) is 0.885. The number of nitrogens with zero attached hydrogens (tertiary/aromatic N) is 2. The summed E-state index contributed by atoms with van der Waals surface area (Å²) in [6, 6.07) is 6.77. The Morgan fingerprint density at radius 3 is 2.89 bits per heavy atom. The molecule has 1 aliphatic heterocycles. The normalized spacial score (nSPS) is 14.7. The summed E-state index contributed by atoms with van der Waals surface area (Å²) in [7, 11) is -3.67. The Morgan fingerprint density at radius 2 is 2.21 bits per heavy atom. The second-order valence-electron chi connectivity index (χ2n) is 4.49. The smallest absolute Gasteiger partial charge is 0.238 e. The van der Waals surface area contributed by atoms with Crippen LogP contribution in [0.25, 0.3) is 0 Å². The summed E-state index contributed by atoms with van der Waals surface area (Å²) in [6.45, 7) is 1.39. The number of fused-ring (bicyclic) bond motifs is 1. The van der Waals surface area contributed by atoms with Crippen molar-refractivity contribution in [3.8, 4) is 0 Å². The average Bonchev–Trinajstić information content (AvgIpc) is 2.98. The molecule has 1 aromatic heterocycles. The lowest BCUT2D eigenvalue weighted by Gasteiger charge is -2.17. The maximum atomic E-state index is 11.4. The zero-order valence-corrected chi connectivity index (χ0v) is 10.9. The summed E-state index contributed by atoms with van der Waals surface area (Å²) >= 11 is 0. The summed E-state index contributed by atoms with van der Waals surface area (Å²) < 4.78 is 27.8. The number of anilines is 1. The minimum absolute atomic E-state index is 0.135. The Balaban J connectivity index is 1.94. The highest BCUT2D eigenvalue weighted by Crippen LogP contribution is 2.31. The van der Waals surface area contributed by atoms with E-state index in [0.717, 1.165) is 30.0 Å². The fourth-order valence-corrected chi connectivity index (χ4v) is 2.81. The van der Waals surface area contributed by atoms with Gasteiger partial charge in [0.05, 0.1) is 17.6 Å². The summed E-state index contributed by atoms with van der Waals surface area (Å²) in [6.07, 6.45) is 2.47. The number of nitrogens with two attached hydrogens (primary N) is 1. The van der Waals surface area contributed by atoms with Gasteiger partial charge in [-0.2, -0.15) is 0 Å². The quantitative estimate of drug-likeness (QED) is 0.901. The van der Waals surface area contributed by atoms with Gasteiger partial charge in [0.15, 0.2) is 5.76 Å². The largest absolute Gasteiger partial charge is 0.363 e. The van der Waals surface area contributed by atoms with Crippen molar-refractivity contribution in [2.45, 2.75) is 17.9 Å². The van der Waals surface area contributed by atoms with Gasteiger partial charge in [-0.1, -0.05) is 11.2 Å². The molecule has 3 rings (SSSR count). The lowest BCUT2D eigenvalue weighted by atomic mass is 10.2. The maximum Gasteiger partial charge on any atom is 0.238 e. The van der Waals surface area contributed by atoms with Crippen LogP contribution >= 0.6 is 0 Å². The Morgan fingerprint density at radius 1 is 1.37 bits per heavy atom. The van der Waals surface area contributed by atoms with Crippen LogP contribution in [0.2, 0.25) is 0 Å². The Bertz CT molecular complexity index is 695. The highest BCUT2D eigenvalue weighted by molar-refractivity contribution is 7.89. The van der Waals surface area contributed by atoms with E-state index in [4.69, 9.17) is 9.66 Å². The van der Waals surface area contributed by atoms with E-state index in [-0.39, 0.29) is 4.90 Å². The number of rotatable bonds is 3. The monoisotopic (exact) mass is 279 g/mol. The number of hydrogen-bond acceptors (Lipinski definition) is 5. The van der Waals surface area contributed by atoms with Gasteiger partial charge in [-0.15, -0.1) is 0 Å². The fourth-order valence-electron chi connectivity index (χ4n) is 2.28. The molecule has 6 nitrogen and oxygen atoms in total. The van der Waals surface area contributed by atoms with E-state index in [1.54, 1.807) is 24.4 Å². The van der Waals surface area contributed by atoms with Gasteiger partial charge in [0.1, 0.15) is 0 Å². The van der Waals surface area contributed by atoms with Gasteiger partial charge >= 0.3 is 0 Å². The minimum atomic E-state index is -3.67. The zero-order valence-electron chi connectivity index (χ0n) is 10.1. The molecule has 100 valence electrons. The van der Waals surface area contributed by atoms with Crippen LogP contribution in [0.3, 0.4) is 0 Å². The van der Waals surface area contributed by atoms with Gasteiger partial charge in [0.2, 0.25) is 10.0 Å². The van der Waals surface area contributed by atoms with Gasteiger partial charge in [-0.05, 0) is 24.1 Å². The third-order valence-electron chi connectivity index (χ3n) is 3.21. The molecule has 1 aromatic carbocycles. The van der Waals surface area contributed by atoms with Crippen molar-refractivity contribution >= 4 is 15.7 Å². The standard InChI is InChI=1S/C12H13N3O3S/c13-19(16,17)11-2-1-9-4-6-15(12(9)7-11)8-10-3-5-14-18-10/h1-3,5,7H,4,6,8H2,(H2,13,16,17). The third-order valence-corrected chi connectivity index (χ3v) is 4.13. The second kappa shape index (κ2) is 4.36. The molecule has 0 bridgehead atoms. The van der Waals surface area contributed by atoms with Crippen LogP contribution in [0.1, 0.15) is 11.3 Å². The van der Waals surface area contributed by atoms with Crippen LogP contribution in [-0.4, -0.2) is 20.1 Å². The first-order valence-electron chi connectivity index (χ1n) is 5.84. The van der Waals surface area contributed by atoms with Crippen molar-refractivity contribution in [1.82, 2.24) is 5.16 Å². The van der Waals surface area contributed by atoms with E-state index < -0.39 is 10.0 Å². The third kappa shape index (κ3) is 2.34. The number of sulfonamides is 1. The van der Waals surface area contributed by atoms with E-state index in [0.29, 0.717) is 6.54 Å². The first kappa shape index (κ1) is 12.2. The van der Waals surface area contributed by atoms with Gasteiger partial charge < -0.3 is 9.42 Å². The molecule has 7 heteroatoms. The fraction of sp³-hybridized carbons (Fsp3) is 0.250. The lowest BCUT2D eigenvalue weighted by Crippen LogP contribution is -2.20. The van der Waals surface area contributed by atoms with Gasteiger partial charge in [-0.25, -0.2) is 13.6 Å². The average molecular weight is 279 g/mol. The first-order chi connectivity index (χ1) is 9.04. The van der Waals surface area contributed by atoms with Gasteiger partial charge in [0, 0.05) is 18.3 Å². The van der Waals surface area contributed by atoms with Crippen molar-refractivity contribution < 1.29 is 12.9 Å². The molecule has 0 aliphatic carbocycles. The molecular formula is C12H13N3O3S. The molecule has 0 fully saturated rings. The number of hydrogen-bond donors (Lipinski definition) is 1. The molecule has 0 radical (unpaired) electrons. The molecule has 0 atom stereocenters. The van der Waals surface area contributed by atoms with Crippen molar-refractivity contribution in [1.29, 1.82) is 0 Å². The molecule has 1 aliphatic rings. The molecule has 0 amide bonds. The molecule has 0 spiro atoms. The molecule has 0 saturated heterocycles. The van der Waals surface area contributed by atoms with E-state index >= 15 is 0 Å². The number of benzene rings is 1. The van der Waals surface area contributed by atoms with Crippen LogP contribution in [0.15, 0.2) is 39.9 Å². The van der Waals surface area contributed by atoms with E-state index in [2.05, 4.69) is 10.1 Å². The van der Waals surface area contributed by atoms with E-state index in [1.165, 1.54) is 0 Å². The van der Waals surface area contributed by atoms with Crippen molar-refractivity contribution in [3.05, 3.63) is 41.8 Å². The second-order valence-corrected chi connectivity index (χ2v) is 6.05. The predicted molar refractivity (Wildman–Crippen MR) is 69.1 cm³/mol. The van der Waals surface area contributed by atoms with Crippen LogP contribution in [0, 0.1) is 0 Å². The van der Waals surface area contributed by atoms with E-state index in [1.807, 2.05) is 6.07 Å². The summed E-state index contributed by atoms with van der Waals surface area (Å²) in [5, 5.41) is 8.82. The lowest BCUT2D eigenvalue weighted by molar-refractivity contribution is 0.382. The highest BCUT2D eigenvalue weighted by atomic mass is 32.2. The first-order valence-corrected chi connectivity index (χ1v) is 7.39. The molecule has 0 saturated carbocycles. The highest BCUT2D eigenvalue weighted by Gasteiger charge is 2.22. The van der Waals surface area contributed by atoms with Crippen LogP contribution in [-0.2, 0) is 23.0 Å². The number of primary sulfonamides is 1. The summed E-state index contributed by atoms with van der Waals surface area (Å²) in [5.41, 5.74) is 2.01. The minimum Gasteiger partial charge on any atom is -0.363 e. The van der Waals surface area contributed by atoms with Gasteiger partial charge in [0.25, 0.3) is 0 Å². The summed E-state index contributed by atoms with van der Waals surface area (Å²) in [4.78, 5) is 2.19. The molecular weight excluding hydrogens is 266 g/mol. The summed E-state index contributed by atoms with van der Waals surface area (Å²) in [5.74, 6) is 0.744. The zero-order chi connectivity index (χ0) is 13.5. The Kier molecular flexibility index (Phi) is 2.79. The molecule has 0 unspecified atom stereocenters. The van der Waals surface area contributed by atoms with Gasteiger partial charge in [-0.3, -0.25) is 0 Å². The van der Waals surface area contributed by atoms with Crippen molar-refractivity contribution in [2.75, 3.05) is 11.4 Å². The van der Waals surface area contributed by atoms with Crippen LogP contribution in [0.5, 0.6) is 0 Å². The van der Waals surface area contributed by atoms with Crippen LogP contribution < -0.4 is 10.0 Å². The molecule has 2 aromatic rings. The molecule has 19 heavy (non-hydrogen) atoms. The molecule has 2 N–H and O–H groups in total. The molecule has 2 heterocycles. The van der Waals surface area contributed by atoms with Crippen molar-refractivity contribution in [3.63, 3.8) is 0 Å². The van der Waals surface area contributed by atoms with Crippen molar-refractivity contribution in [2.24, 2.45) is 5.14 Å². The SMILES string of the molecule is NS(=O)(=O)c1ccc2c(c1)N(Cc1ccno1)CC2. The maximum absolute atomic E-state index is 11.4. The number of aromatic nitrogens is 1. The van der Waals surface area contributed by atoms with Crippen LogP contribution in [0.4, 0.5) is 5.69 Å². The Labute approximate surface area is 110 Å².